The third-order valence-electron chi connectivity index (χ3n) is 5.64. The molecule has 0 saturated carbocycles. The maximum Gasteiger partial charge on any atom is 0.191 e. The lowest BCUT2D eigenvalue weighted by atomic mass is 10.1. The van der Waals surface area contributed by atoms with Crippen LogP contribution in [0.15, 0.2) is 29.3 Å². The van der Waals surface area contributed by atoms with Crippen molar-refractivity contribution in [3.63, 3.8) is 0 Å². The highest BCUT2D eigenvalue weighted by molar-refractivity contribution is 5.79. The first-order valence-corrected chi connectivity index (χ1v) is 10.8. The molecule has 0 aliphatic carbocycles. The highest BCUT2D eigenvalue weighted by Gasteiger charge is 2.23. The first-order chi connectivity index (χ1) is 14.3. The Kier molecular flexibility index (Phi) is 9.05. The van der Waals surface area contributed by atoms with E-state index >= 15 is 0 Å². The van der Waals surface area contributed by atoms with Gasteiger partial charge in [-0.2, -0.15) is 0 Å². The average Bonchev–Trinajstić information content (AvgIpc) is 3.47. The number of likely N-dealkylation sites (tertiary alicyclic amines) is 1. The van der Waals surface area contributed by atoms with Gasteiger partial charge in [0.05, 0.1) is 32.5 Å². The Morgan fingerprint density at radius 3 is 2.66 bits per heavy atom. The molecule has 0 bridgehead atoms. The minimum atomic E-state index is 0.276. The number of rotatable bonds is 10. The van der Waals surface area contributed by atoms with Crippen molar-refractivity contribution in [3.8, 4) is 5.75 Å². The third-order valence-corrected chi connectivity index (χ3v) is 5.64. The molecule has 7 nitrogen and oxygen atoms in total. The van der Waals surface area contributed by atoms with Gasteiger partial charge in [0.15, 0.2) is 5.96 Å². The molecule has 1 aromatic carbocycles. The van der Waals surface area contributed by atoms with Crippen LogP contribution < -0.4 is 15.4 Å². The van der Waals surface area contributed by atoms with Crippen LogP contribution in [0.25, 0.3) is 0 Å². The Balaban J connectivity index is 1.45. The van der Waals surface area contributed by atoms with Crippen LogP contribution in [0, 0.1) is 0 Å². The molecule has 1 aromatic rings. The summed E-state index contributed by atoms with van der Waals surface area (Å²) in [6.07, 6.45) is 5.07. The van der Waals surface area contributed by atoms with Gasteiger partial charge in [0.2, 0.25) is 0 Å². The highest BCUT2D eigenvalue weighted by atomic mass is 16.5. The van der Waals surface area contributed by atoms with Crippen LogP contribution in [0.5, 0.6) is 5.75 Å². The van der Waals surface area contributed by atoms with Crippen molar-refractivity contribution in [2.24, 2.45) is 4.99 Å². The van der Waals surface area contributed by atoms with Gasteiger partial charge >= 0.3 is 0 Å². The molecule has 2 N–H and O–H groups in total. The molecule has 0 spiro atoms. The van der Waals surface area contributed by atoms with Gasteiger partial charge in [-0.05, 0) is 56.5 Å². The molecule has 2 atom stereocenters. The minimum absolute atomic E-state index is 0.276. The topological polar surface area (TPSA) is 67.4 Å². The van der Waals surface area contributed by atoms with Crippen LogP contribution in [-0.2, 0) is 9.47 Å². The van der Waals surface area contributed by atoms with Gasteiger partial charge in [0.1, 0.15) is 5.75 Å². The number of benzene rings is 1. The maximum atomic E-state index is 5.72. The normalized spacial score (nSPS) is 21.3. The molecule has 2 unspecified atom stereocenters. The second-order valence-corrected chi connectivity index (χ2v) is 7.62. The van der Waals surface area contributed by atoms with Crippen LogP contribution in [0.4, 0.5) is 0 Å². The smallest absolute Gasteiger partial charge is 0.191 e. The number of nitrogens with zero attached hydrogens (tertiary/aromatic N) is 2. The predicted octanol–water partition coefficient (Wildman–Crippen LogP) is 2.19. The zero-order valence-corrected chi connectivity index (χ0v) is 17.9. The van der Waals surface area contributed by atoms with Crippen molar-refractivity contribution in [2.45, 2.75) is 37.8 Å². The fourth-order valence-electron chi connectivity index (χ4n) is 3.98. The standard InChI is InChI=1S/C22H36N4O3/c1-23-22(24-11-15-28-17-20-6-5-14-29-20)25-16-21(26-12-3-4-13-26)18-7-9-19(27-2)10-8-18/h7-10,20-21H,3-6,11-17H2,1-2H3,(H2,23,24,25). The first-order valence-electron chi connectivity index (χ1n) is 10.8. The molecule has 2 aliphatic rings. The lowest BCUT2D eigenvalue weighted by molar-refractivity contribution is 0.0191. The summed E-state index contributed by atoms with van der Waals surface area (Å²) in [5, 5.41) is 6.84. The largest absolute Gasteiger partial charge is 0.497 e. The van der Waals surface area contributed by atoms with E-state index in [2.05, 4.69) is 32.7 Å². The maximum absolute atomic E-state index is 5.72. The summed E-state index contributed by atoms with van der Waals surface area (Å²) in [6.45, 7) is 6.01. The van der Waals surface area contributed by atoms with Crippen molar-refractivity contribution in [1.82, 2.24) is 15.5 Å². The van der Waals surface area contributed by atoms with E-state index in [4.69, 9.17) is 14.2 Å². The van der Waals surface area contributed by atoms with Gasteiger partial charge in [-0.15, -0.1) is 0 Å². The van der Waals surface area contributed by atoms with Crippen molar-refractivity contribution < 1.29 is 14.2 Å². The Morgan fingerprint density at radius 1 is 1.21 bits per heavy atom. The molecule has 2 aliphatic heterocycles. The number of nitrogens with one attached hydrogen (secondary N) is 2. The van der Waals surface area contributed by atoms with Crippen LogP contribution in [-0.4, -0.2) is 77.1 Å². The lowest BCUT2D eigenvalue weighted by Crippen LogP contribution is -2.43. The summed E-state index contributed by atoms with van der Waals surface area (Å²) >= 11 is 0. The van der Waals surface area contributed by atoms with Gasteiger partial charge < -0.3 is 24.8 Å². The molecular weight excluding hydrogens is 368 g/mol. The van der Waals surface area contributed by atoms with E-state index in [1.165, 1.54) is 18.4 Å². The molecule has 7 heteroatoms. The van der Waals surface area contributed by atoms with E-state index in [1.54, 1.807) is 14.2 Å². The average molecular weight is 405 g/mol. The molecule has 162 valence electrons. The number of hydrogen-bond donors (Lipinski definition) is 2. The third kappa shape index (κ3) is 6.87. The zero-order chi connectivity index (χ0) is 20.3. The van der Waals surface area contributed by atoms with Crippen LogP contribution >= 0.6 is 0 Å². The predicted molar refractivity (Wildman–Crippen MR) is 116 cm³/mol. The number of aliphatic imine (C=N–C) groups is 1. The second-order valence-electron chi connectivity index (χ2n) is 7.62. The summed E-state index contributed by atoms with van der Waals surface area (Å²) in [6, 6.07) is 8.73. The molecule has 0 amide bonds. The Hall–Kier alpha value is -1.83. The van der Waals surface area contributed by atoms with E-state index in [1.807, 2.05) is 12.1 Å². The van der Waals surface area contributed by atoms with E-state index in [0.717, 1.165) is 57.3 Å². The highest BCUT2D eigenvalue weighted by Crippen LogP contribution is 2.26. The minimum Gasteiger partial charge on any atom is -0.497 e. The van der Waals surface area contributed by atoms with Crippen LogP contribution in [0.3, 0.4) is 0 Å². The lowest BCUT2D eigenvalue weighted by Gasteiger charge is -2.29. The van der Waals surface area contributed by atoms with Gasteiger partial charge in [-0.3, -0.25) is 9.89 Å². The van der Waals surface area contributed by atoms with Gasteiger partial charge in [0.25, 0.3) is 0 Å². The molecule has 2 fully saturated rings. The molecule has 0 aromatic heterocycles. The van der Waals surface area contributed by atoms with Gasteiger partial charge in [-0.1, -0.05) is 12.1 Å². The number of hydrogen-bond acceptors (Lipinski definition) is 5. The van der Waals surface area contributed by atoms with E-state index in [9.17, 15) is 0 Å². The number of ether oxygens (including phenoxy) is 3. The summed E-state index contributed by atoms with van der Waals surface area (Å²) < 4.78 is 16.6. The fourth-order valence-corrected chi connectivity index (χ4v) is 3.98. The molecule has 0 radical (unpaired) electrons. The fraction of sp³-hybridized carbons (Fsp3) is 0.682. The van der Waals surface area contributed by atoms with E-state index in [0.29, 0.717) is 19.3 Å². The van der Waals surface area contributed by atoms with Crippen molar-refractivity contribution in [2.75, 3.05) is 60.2 Å². The van der Waals surface area contributed by atoms with Crippen molar-refractivity contribution >= 4 is 5.96 Å². The quantitative estimate of drug-likeness (QED) is 0.354. The number of guanidine groups is 1. The van der Waals surface area contributed by atoms with E-state index < -0.39 is 0 Å². The summed E-state index contributed by atoms with van der Waals surface area (Å²) in [7, 11) is 3.51. The zero-order valence-electron chi connectivity index (χ0n) is 17.9. The summed E-state index contributed by atoms with van der Waals surface area (Å²) in [5.74, 6) is 1.70. The summed E-state index contributed by atoms with van der Waals surface area (Å²) in [5.41, 5.74) is 1.30. The molecule has 2 saturated heterocycles. The van der Waals surface area contributed by atoms with Gasteiger partial charge in [0, 0.05) is 26.7 Å². The monoisotopic (exact) mass is 404 g/mol. The molecule has 29 heavy (non-hydrogen) atoms. The van der Waals surface area contributed by atoms with Crippen LogP contribution in [0.1, 0.15) is 37.3 Å². The van der Waals surface area contributed by atoms with Gasteiger partial charge in [-0.25, -0.2) is 0 Å². The second kappa shape index (κ2) is 12.0. The first kappa shape index (κ1) is 21.9. The van der Waals surface area contributed by atoms with Crippen molar-refractivity contribution in [3.05, 3.63) is 29.8 Å². The Bertz CT molecular complexity index is 611. The SMILES string of the molecule is CN=C(NCCOCC1CCCO1)NCC(c1ccc(OC)cc1)N1CCCC1. The Labute approximate surface area is 174 Å². The summed E-state index contributed by atoms with van der Waals surface area (Å²) in [4.78, 5) is 6.91. The molecule has 2 heterocycles. The van der Waals surface area contributed by atoms with E-state index in [-0.39, 0.29) is 6.10 Å². The Morgan fingerprint density at radius 2 is 2.00 bits per heavy atom. The number of methoxy groups -OCH3 is 1. The molecular formula is C22H36N4O3. The molecule has 3 rings (SSSR count). The van der Waals surface area contributed by atoms with Crippen LogP contribution in [0.2, 0.25) is 0 Å². The van der Waals surface area contributed by atoms with Crippen molar-refractivity contribution in [1.29, 1.82) is 0 Å².